The second-order valence-corrected chi connectivity index (χ2v) is 5.05. The Morgan fingerprint density at radius 2 is 2.13 bits per heavy atom. The van der Waals surface area contributed by atoms with Gasteiger partial charge in [-0.05, 0) is 40.5 Å². The van der Waals surface area contributed by atoms with Crippen LogP contribution in [0.2, 0.25) is 0 Å². The summed E-state index contributed by atoms with van der Waals surface area (Å²) in [7, 11) is 0. The van der Waals surface area contributed by atoms with Gasteiger partial charge in [0.1, 0.15) is 0 Å². The van der Waals surface area contributed by atoms with Gasteiger partial charge in [-0.25, -0.2) is 0 Å². The van der Waals surface area contributed by atoms with E-state index in [9.17, 15) is 4.79 Å². The van der Waals surface area contributed by atoms with Gasteiger partial charge >= 0.3 is 0 Å². The van der Waals surface area contributed by atoms with Gasteiger partial charge in [0.05, 0.1) is 5.69 Å². The number of benzene rings is 1. The number of hydrogen-bond donors (Lipinski definition) is 1. The maximum absolute atomic E-state index is 11.5. The van der Waals surface area contributed by atoms with E-state index in [1.54, 1.807) is 0 Å². The Balaban J connectivity index is 2.60. The number of rotatable bonds is 4. The molecule has 0 saturated carbocycles. The van der Waals surface area contributed by atoms with Crippen LogP contribution in [0.25, 0.3) is 0 Å². The van der Waals surface area contributed by atoms with Gasteiger partial charge in [-0.2, -0.15) is 0 Å². The molecule has 0 aromatic heterocycles. The fourth-order valence-corrected chi connectivity index (χ4v) is 2.29. The Bertz CT molecular complexity index is 352. The van der Waals surface area contributed by atoms with E-state index in [4.69, 9.17) is 0 Å². The summed E-state index contributed by atoms with van der Waals surface area (Å²) in [6.45, 7) is 2.07. The number of carbonyl (C=O) groups is 1. The number of amides is 1. The lowest BCUT2D eigenvalue weighted by atomic mass is 10.2. The molecule has 0 unspecified atom stereocenters. The standard InChI is InChI=1S/C11H13Br2NO/c1-2-3-4-11(15)14-10-6-5-8(12)7-9(10)13/h5-7H,2-4H2,1H3,(H,14,15). The van der Waals surface area contributed by atoms with Crippen molar-refractivity contribution in [2.24, 2.45) is 0 Å². The highest BCUT2D eigenvalue weighted by Gasteiger charge is 2.04. The third kappa shape index (κ3) is 4.34. The van der Waals surface area contributed by atoms with Crippen molar-refractivity contribution in [1.29, 1.82) is 0 Å². The number of halogens is 2. The third-order valence-corrected chi connectivity index (χ3v) is 3.11. The molecule has 0 heterocycles. The zero-order chi connectivity index (χ0) is 11.3. The minimum atomic E-state index is 0.0693. The first-order chi connectivity index (χ1) is 7.13. The third-order valence-electron chi connectivity index (χ3n) is 1.96. The lowest BCUT2D eigenvalue weighted by Crippen LogP contribution is -2.11. The molecular formula is C11H13Br2NO. The van der Waals surface area contributed by atoms with Crippen molar-refractivity contribution in [2.75, 3.05) is 5.32 Å². The number of hydrogen-bond acceptors (Lipinski definition) is 1. The minimum absolute atomic E-state index is 0.0693. The van der Waals surface area contributed by atoms with E-state index in [1.807, 2.05) is 18.2 Å². The zero-order valence-corrected chi connectivity index (χ0v) is 11.7. The average Bonchev–Trinajstić information content (AvgIpc) is 2.19. The van der Waals surface area contributed by atoms with Crippen molar-refractivity contribution >= 4 is 43.5 Å². The van der Waals surface area contributed by atoms with E-state index in [-0.39, 0.29) is 5.91 Å². The van der Waals surface area contributed by atoms with Crippen LogP contribution in [0.15, 0.2) is 27.1 Å². The van der Waals surface area contributed by atoms with Crippen molar-refractivity contribution in [3.63, 3.8) is 0 Å². The number of carbonyl (C=O) groups excluding carboxylic acids is 1. The van der Waals surface area contributed by atoms with Gasteiger partial charge in [0.15, 0.2) is 0 Å². The first kappa shape index (κ1) is 12.7. The first-order valence-electron chi connectivity index (χ1n) is 4.88. The summed E-state index contributed by atoms with van der Waals surface area (Å²) in [6, 6.07) is 5.69. The largest absolute Gasteiger partial charge is 0.325 e. The second-order valence-electron chi connectivity index (χ2n) is 3.28. The van der Waals surface area contributed by atoms with Crippen LogP contribution in [0.1, 0.15) is 26.2 Å². The molecule has 0 fully saturated rings. The Kier molecular flexibility index (Phi) is 5.32. The molecule has 4 heteroatoms. The second kappa shape index (κ2) is 6.28. The molecule has 0 aliphatic rings. The molecular weight excluding hydrogens is 322 g/mol. The van der Waals surface area contributed by atoms with E-state index in [2.05, 4.69) is 44.1 Å². The van der Waals surface area contributed by atoms with Crippen LogP contribution in [0.4, 0.5) is 5.69 Å². The van der Waals surface area contributed by atoms with Gasteiger partial charge in [-0.15, -0.1) is 0 Å². The Labute approximate surface area is 107 Å². The molecule has 1 aromatic rings. The van der Waals surface area contributed by atoms with Crippen LogP contribution in [0.5, 0.6) is 0 Å². The Morgan fingerprint density at radius 3 is 2.73 bits per heavy atom. The quantitative estimate of drug-likeness (QED) is 0.871. The number of unbranched alkanes of at least 4 members (excludes halogenated alkanes) is 1. The molecule has 1 N–H and O–H groups in total. The van der Waals surface area contributed by atoms with E-state index in [1.165, 1.54) is 0 Å². The van der Waals surface area contributed by atoms with Crippen molar-refractivity contribution in [3.8, 4) is 0 Å². The van der Waals surface area contributed by atoms with Crippen LogP contribution in [-0.2, 0) is 4.79 Å². The first-order valence-corrected chi connectivity index (χ1v) is 6.47. The monoisotopic (exact) mass is 333 g/mol. The van der Waals surface area contributed by atoms with Crippen LogP contribution in [0, 0.1) is 0 Å². The summed E-state index contributed by atoms with van der Waals surface area (Å²) >= 11 is 6.76. The SMILES string of the molecule is CCCCC(=O)Nc1ccc(Br)cc1Br. The van der Waals surface area contributed by atoms with Gasteiger partial charge < -0.3 is 5.32 Å². The van der Waals surface area contributed by atoms with Gasteiger partial charge in [0.25, 0.3) is 0 Å². The summed E-state index contributed by atoms with van der Waals surface area (Å²) < 4.78 is 1.88. The zero-order valence-electron chi connectivity index (χ0n) is 8.52. The van der Waals surface area contributed by atoms with Gasteiger partial charge in [0, 0.05) is 15.4 Å². The molecule has 1 aromatic carbocycles. The van der Waals surface area contributed by atoms with Crippen LogP contribution >= 0.6 is 31.9 Å². The van der Waals surface area contributed by atoms with Crippen molar-refractivity contribution in [3.05, 3.63) is 27.1 Å². The van der Waals surface area contributed by atoms with Crippen molar-refractivity contribution < 1.29 is 4.79 Å². The molecule has 1 amide bonds. The highest BCUT2D eigenvalue weighted by atomic mass is 79.9. The van der Waals surface area contributed by atoms with E-state index >= 15 is 0 Å². The average molecular weight is 335 g/mol. The van der Waals surface area contributed by atoms with Crippen molar-refractivity contribution in [1.82, 2.24) is 0 Å². The van der Waals surface area contributed by atoms with Gasteiger partial charge in [-0.3, -0.25) is 4.79 Å². The van der Waals surface area contributed by atoms with Crippen LogP contribution in [0.3, 0.4) is 0 Å². The maximum atomic E-state index is 11.5. The molecule has 82 valence electrons. The lowest BCUT2D eigenvalue weighted by Gasteiger charge is -2.07. The Morgan fingerprint density at radius 1 is 1.40 bits per heavy atom. The maximum Gasteiger partial charge on any atom is 0.224 e. The predicted octanol–water partition coefficient (Wildman–Crippen LogP) is 4.34. The smallest absolute Gasteiger partial charge is 0.224 e. The summed E-state index contributed by atoms with van der Waals surface area (Å²) in [4.78, 5) is 11.5. The molecule has 0 aliphatic carbocycles. The van der Waals surface area contributed by atoms with Gasteiger partial charge in [-0.1, -0.05) is 29.3 Å². The van der Waals surface area contributed by atoms with Gasteiger partial charge in [0.2, 0.25) is 5.91 Å². The van der Waals surface area contributed by atoms with E-state index < -0.39 is 0 Å². The predicted molar refractivity (Wildman–Crippen MR) is 70.0 cm³/mol. The molecule has 0 saturated heterocycles. The molecule has 15 heavy (non-hydrogen) atoms. The molecule has 0 bridgehead atoms. The topological polar surface area (TPSA) is 29.1 Å². The summed E-state index contributed by atoms with van der Waals surface area (Å²) in [6.07, 6.45) is 2.55. The molecule has 2 nitrogen and oxygen atoms in total. The van der Waals surface area contributed by atoms with Crippen LogP contribution in [-0.4, -0.2) is 5.91 Å². The molecule has 1 rings (SSSR count). The van der Waals surface area contributed by atoms with E-state index in [0.717, 1.165) is 27.5 Å². The Hall–Kier alpha value is -0.350. The minimum Gasteiger partial charge on any atom is -0.325 e. The van der Waals surface area contributed by atoms with E-state index in [0.29, 0.717) is 6.42 Å². The highest BCUT2D eigenvalue weighted by molar-refractivity contribution is 9.11. The fourth-order valence-electron chi connectivity index (χ4n) is 1.14. The molecule has 0 atom stereocenters. The summed E-state index contributed by atoms with van der Waals surface area (Å²) in [5, 5.41) is 2.87. The van der Waals surface area contributed by atoms with Crippen molar-refractivity contribution in [2.45, 2.75) is 26.2 Å². The molecule has 0 aliphatic heterocycles. The lowest BCUT2D eigenvalue weighted by molar-refractivity contribution is -0.116. The number of anilines is 1. The fraction of sp³-hybridized carbons (Fsp3) is 0.364. The highest BCUT2D eigenvalue weighted by Crippen LogP contribution is 2.26. The number of nitrogens with one attached hydrogen (secondary N) is 1. The molecule has 0 radical (unpaired) electrons. The normalized spacial score (nSPS) is 10.1. The molecule has 0 spiro atoms. The summed E-state index contributed by atoms with van der Waals surface area (Å²) in [5.41, 5.74) is 0.819. The van der Waals surface area contributed by atoms with Crippen LogP contribution < -0.4 is 5.32 Å². The summed E-state index contributed by atoms with van der Waals surface area (Å²) in [5.74, 6) is 0.0693.